The van der Waals surface area contributed by atoms with Gasteiger partial charge in [-0.15, -0.1) is 0 Å². The van der Waals surface area contributed by atoms with Gasteiger partial charge in [0.2, 0.25) is 0 Å². The third-order valence-electron chi connectivity index (χ3n) is 4.58. The Labute approximate surface area is 103 Å². The number of aromatic amines is 1. The molecule has 92 valence electrons. The van der Waals surface area contributed by atoms with Crippen LogP contribution in [0.2, 0.25) is 0 Å². The highest BCUT2D eigenvalue weighted by atomic mass is 16.5. The number of H-pyrrole nitrogens is 1. The van der Waals surface area contributed by atoms with Gasteiger partial charge < -0.3 is 9.72 Å². The summed E-state index contributed by atoms with van der Waals surface area (Å²) in [4.78, 5) is 3.14. The maximum atomic E-state index is 6.39. The lowest BCUT2D eigenvalue weighted by molar-refractivity contribution is -0.166. The second-order valence-electron chi connectivity index (χ2n) is 6.01. The lowest BCUT2D eigenvalue weighted by atomic mass is 9.69. The maximum Gasteiger partial charge on any atom is 0.0912 e. The molecule has 2 nitrogen and oxygen atoms in total. The Morgan fingerprint density at radius 2 is 2.24 bits per heavy atom. The van der Waals surface area contributed by atoms with E-state index in [9.17, 15) is 0 Å². The van der Waals surface area contributed by atoms with Gasteiger partial charge in [0.1, 0.15) is 0 Å². The molecule has 2 bridgehead atoms. The van der Waals surface area contributed by atoms with Gasteiger partial charge in [-0.1, -0.05) is 11.6 Å². The van der Waals surface area contributed by atoms with Crippen molar-refractivity contribution in [3.63, 3.8) is 0 Å². The van der Waals surface area contributed by atoms with Crippen molar-refractivity contribution in [1.29, 1.82) is 0 Å². The van der Waals surface area contributed by atoms with Gasteiger partial charge in [0, 0.05) is 18.3 Å². The SMILES string of the molecule is CC1=CCC2CC1C(c1cc[nH]c1)OC2(C)C. The summed E-state index contributed by atoms with van der Waals surface area (Å²) in [5, 5.41) is 0. The van der Waals surface area contributed by atoms with Crippen LogP contribution in [0.25, 0.3) is 0 Å². The van der Waals surface area contributed by atoms with Crippen LogP contribution in [0.15, 0.2) is 30.1 Å². The van der Waals surface area contributed by atoms with Gasteiger partial charge in [-0.25, -0.2) is 0 Å². The summed E-state index contributed by atoms with van der Waals surface area (Å²) in [5.74, 6) is 1.24. The first kappa shape index (κ1) is 11.1. The molecule has 2 heterocycles. The Morgan fingerprint density at radius 3 is 2.94 bits per heavy atom. The zero-order valence-corrected chi connectivity index (χ0v) is 10.9. The molecule has 17 heavy (non-hydrogen) atoms. The van der Waals surface area contributed by atoms with E-state index < -0.39 is 0 Å². The van der Waals surface area contributed by atoms with Crippen LogP contribution in [0.4, 0.5) is 0 Å². The van der Waals surface area contributed by atoms with Crippen LogP contribution in [0.5, 0.6) is 0 Å². The summed E-state index contributed by atoms with van der Waals surface area (Å²) >= 11 is 0. The topological polar surface area (TPSA) is 25.0 Å². The Balaban J connectivity index is 1.98. The molecule has 0 saturated carbocycles. The van der Waals surface area contributed by atoms with E-state index in [4.69, 9.17) is 4.74 Å². The van der Waals surface area contributed by atoms with Crippen LogP contribution in [0, 0.1) is 11.8 Å². The predicted octanol–water partition coefficient (Wildman–Crippen LogP) is 3.84. The summed E-state index contributed by atoms with van der Waals surface area (Å²) in [5.41, 5.74) is 2.79. The number of aromatic nitrogens is 1. The molecule has 0 spiro atoms. The van der Waals surface area contributed by atoms with Crippen LogP contribution in [-0.2, 0) is 4.74 Å². The number of hydrogen-bond donors (Lipinski definition) is 1. The first-order chi connectivity index (χ1) is 8.08. The minimum atomic E-state index is -0.00433. The van der Waals surface area contributed by atoms with Gasteiger partial charge in [0.25, 0.3) is 0 Å². The third kappa shape index (κ3) is 1.75. The largest absolute Gasteiger partial charge is 0.367 e. The van der Waals surface area contributed by atoms with E-state index in [2.05, 4.69) is 44.1 Å². The summed E-state index contributed by atoms with van der Waals surface area (Å²) in [6.07, 6.45) is 9.15. The zero-order chi connectivity index (χ0) is 12.0. The van der Waals surface area contributed by atoms with E-state index in [0.29, 0.717) is 11.8 Å². The molecule has 0 radical (unpaired) electrons. The molecule has 2 heteroatoms. The number of ether oxygens (including phenoxy) is 1. The smallest absolute Gasteiger partial charge is 0.0912 e. The standard InChI is InChI=1S/C15H21NO/c1-10-4-5-12-8-13(10)14(17-15(12,2)3)11-6-7-16-9-11/h4,6-7,9,12-14,16H,5,8H2,1-3H3. The van der Waals surface area contributed by atoms with Crippen molar-refractivity contribution >= 4 is 0 Å². The quantitative estimate of drug-likeness (QED) is 0.730. The molecular formula is C15H21NO. The monoisotopic (exact) mass is 231 g/mol. The van der Waals surface area contributed by atoms with Gasteiger partial charge in [-0.05, 0) is 51.2 Å². The van der Waals surface area contributed by atoms with Crippen molar-refractivity contribution in [2.75, 3.05) is 0 Å². The van der Waals surface area contributed by atoms with Crippen molar-refractivity contribution in [2.24, 2.45) is 11.8 Å². The highest BCUT2D eigenvalue weighted by molar-refractivity contribution is 5.23. The second-order valence-corrected chi connectivity index (χ2v) is 6.01. The first-order valence-corrected chi connectivity index (χ1v) is 6.55. The number of allylic oxidation sites excluding steroid dienone is 1. The first-order valence-electron chi connectivity index (χ1n) is 6.55. The van der Waals surface area contributed by atoms with Gasteiger partial charge in [-0.2, -0.15) is 0 Å². The average molecular weight is 231 g/mol. The van der Waals surface area contributed by atoms with Crippen molar-refractivity contribution < 1.29 is 4.74 Å². The molecule has 1 aliphatic heterocycles. The summed E-state index contributed by atoms with van der Waals surface area (Å²) in [6.45, 7) is 6.73. The van der Waals surface area contributed by atoms with Crippen LogP contribution in [0.3, 0.4) is 0 Å². The number of hydrogen-bond acceptors (Lipinski definition) is 1. The van der Waals surface area contributed by atoms with Crippen molar-refractivity contribution in [3.05, 3.63) is 35.7 Å². The molecule has 3 unspecified atom stereocenters. The van der Waals surface area contributed by atoms with E-state index in [-0.39, 0.29) is 11.7 Å². The molecule has 1 saturated heterocycles. The van der Waals surface area contributed by atoms with Crippen LogP contribution < -0.4 is 0 Å². The fourth-order valence-electron chi connectivity index (χ4n) is 3.32. The molecule has 0 amide bonds. The Bertz CT molecular complexity index is 430. The third-order valence-corrected chi connectivity index (χ3v) is 4.58. The van der Waals surface area contributed by atoms with E-state index >= 15 is 0 Å². The van der Waals surface area contributed by atoms with Gasteiger partial charge in [0.15, 0.2) is 0 Å². The van der Waals surface area contributed by atoms with Gasteiger partial charge >= 0.3 is 0 Å². The lowest BCUT2D eigenvalue weighted by Gasteiger charge is -2.49. The molecule has 0 aromatic carbocycles. The van der Waals surface area contributed by atoms with Crippen LogP contribution in [0.1, 0.15) is 45.3 Å². The van der Waals surface area contributed by atoms with Crippen LogP contribution in [-0.4, -0.2) is 10.6 Å². The summed E-state index contributed by atoms with van der Waals surface area (Å²) in [7, 11) is 0. The second kappa shape index (κ2) is 3.74. The molecule has 2 aliphatic rings. The van der Waals surface area contributed by atoms with Crippen molar-refractivity contribution in [2.45, 2.75) is 45.3 Å². The van der Waals surface area contributed by atoms with E-state index in [1.807, 2.05) is 6.20 Å². The Kier molecular flexibility index (Phi) is 2.44. The van der Waals surface area contributed by atoms with E-state index in [0.717, 1.165) is 0 Å². The molecule has 1 aliphatic carbocycles. The highest BCUT2D eigenvalue weighted by Crippen LogP contribution is 2.50. The fourth-order valence-corrected chi connectivity index (χ4v) is 3.32. The Morgan fingerprint density at radius 1 is 1.41 bits per heavy atom. The normalized spacial score (nSPS) is 35.5. The lowest BCUT2D eigenvalue weighted by Crippen LogP contribution is -2.45. The molecule has 1 N–H and O–H groups in total. The molecule has 1 fully saturated rings. The molecule has 1 aromatic heterocycles. The van der Waals surface area contributed by atoms with E-state index in [1.54, 1.807) is 0 Å². The number of nitrogens with one attached hydrogen (secondary N) is 1. The van der Waals surface area contributed by atoms with Gasteiger partial charge in [0.05, 0.1) is 11.7 Å². The van der Waals surface area contributed by atoms with Crippen molar-refractivity contribution in [3.8, 4) is 0 Å². The average Bonchev–Trinajstić information content (AvgIpc) is 2.79. The fraction of sp³-hybridized carbons (Fsp3) is 0.600. The minimum Gasteiger partial charge on any atom is -0.367 e. The predicted molar refractivity (Wildman–Crippen MR) is 68.7 cm³/mol. The Hall–Kier alpha value is -1.02. The minimum absolute atomic E-state index is 0.00433. The maximum absolute atomic E-state index is 6.39. The molecule has 1 aromatic rings. The van der Waals surface area contributed by atoms with E-state index in [1.165, 1.54) is 24.0 Å². The van der Waals surface area contributed by atoms with Crippen molar-refractivity contribution in [1.82, 2.24) is 4.98 Å². The number of fused-ring (bicyclic) bond motifs is 2. The molecule has 3 rings (SSSR count). The molecule has 3 atom stereocenters. The molecular weight excluding hydrogens is 210 g/mol. The summed E-state index contributed by atoms with van der Waals surface area (Å²) in [6, 6.07) is 2.14. The van der Waals surface area contributed by atoms with Crippen LogP contribution >= 0.6 is 0 Å². The number of rotatable bonds is 1. The zero-order valence-electron chi connectivity index (χ0n) is 10.9. The summed E-state index contributed by atoms with van der Waals surface area (Å²) < 4.78 is 6.39. The highest BCUT2D eigenvalue weighted by Gasteiger charge is 2.45. The van der Waals surface area contributed by atoms with Gasteiger partial charge in [-0.3, -0.25) is 0 Å².